The molecule has 0 aromatic carbocycles. The number of rotatable bonds is 0. The molecule has 0 atom stereocenters. The Morgan fingerprint density at radius 2 is 2.23 bits per heavy atom. The largest absolute Gasteiger partial charge is 0.345 e. The van der Waals surface area contributed by atoms with Crippen LogP contribution in [0.3, 0.4) is 0 Å². The van der Waals surface area contributed by atoms with Crippen LogP contribution in [0.2, 0.25) is 0 Å². The van der Waals surface area contributed by atoms with Crippen molar-refractivity contribution >= 4 is 0 Å². The molecule has 2 rings (SSSR count). The highest BCUT2D eigenvalue weighted by Gasteiger charge is 2.18. The van der Waals surface area contributed by atoms with E-state index in [0.717, 1.165) is 25.2 Å². The second-order valence-corrected chi connectivity index (χ2v) is 3.65. The van der Waals surface area contributed by atoms with Crippen molar-refractivity contribution in [1.29, 1.82) is 5.26 Å². The van der Waals surface area contributed by atoms with E-state index < -0.39 is 0 Å². The summed E-state index contributed by atoms with van der Waals surface area (Å²) in [5, 5.41) is 8.91. The molecule has 0 bridgehead atoms. The molecule has 2 heterocycles. The van der Waals surface area contributed by atoms with Crippen LogP contribution in [0.25, 0.3) is 0 Å². The highest BCUT2D eigenvalue weighted by atomic mass is 15.2. The molecule has 0 spiro atoms. The van der Waals surface area contributed by atoms with Crippen LogP contribution < -0.4 is 0 Å². The molecule has 0 saturated carbocycles. The first-order valence-corrected chi connectivity index (χ1v) is 4.50. The molecule has 0 amide bonds. The molecule has 3 heteroatoms. The second kappa shape index (κ2) is 2.90. The van der Waals surface area contributed by atoms with Crippen LogP contribution in [-0.2, 0) is 13.1 Å². The number of hydrogen-bond donors (Lipinski definition) is 0. The third kappa shape index (κ3) is 1.24. The zero-order valence-electron chi connectivity index (χ0n) is 8.04. The summed E-state index contributed by atoms with van der Waals surface area (Å²) in [4.78, 5) is 2.25. The van der Waals surface area contributed by atoms with Gasteiger partial charge in [-0.3, -0.25) is 4.90 Å². The van der Waals surface area contributed by atoms with Crippen molar-refractivity contribution in [1.82, 2.24) is 9.47 Å². The van der Waals surface area contributed by atoms with Crippen LogP contribution in [0.5, 0.6) is 0 Å². The first kappa shape index (κ1) is 8.33. The lowest BCUT2D eigenvalue weighted by Gasteiger charge is -2.25. The minimum Gasteiger partial charge on any atom is -0.345 e. The molecule has 0 aliphatic carbocycles. The zero-order valence-corrected chi connectivity index (χ0v) is 8.04. The molecule has 1 aromatic rings. The van der Waals surface area contributed by atoms with E-state index >= 15 is 0 Å². The Morgan fingerprint density at radius 1 is 1.46 bits per heavy atom. The molecule has 0 unspecified atom stereocenters. The summed E-state index contributed by atoms with van der Waals surface area (Å²) in [6.45, 7) is 5.05. The molecule has 3 nitrogen and oxygen atoms in total. The van der Waals surface area contributed by atoms with Crippen molar-refractivity contribution < 1.29 is 0 Å². The van der Waals surface area contributed by atoms with E-state index in [9.17, 15) is 0 Å². The normalized spacial score (nSPS) is 16.7. The van der Waals surface area contributed by atoms with Crippen LogP contribution in [0, 0.1) is 18.3 Å². The predicted molar refractivity (Wildman–Crippen MR) is 50.2 cm³/mol. The molecule has 0 fully saturated rings. The van der Waals surface area contributed by atoms with Gasteiger partial charge in [-0.1, -0.05) is 0 Å². The SMILES string of the molecule is Cc1cc(C#N)c2n1CCN(C)C2. The number of hydrogen-bond acceptors (Lipinski definition) is 2. The molecular formula is C10H13N3. The lowest BCUT2D eigenvalue weighted by Crippen LogP contribution is -2.30. The Hall–Kier alpha value is -1.27. The molecule has 0 N–H and O–H groups in total. The average Bonchev–Trinajstić information content (AvgIpc) is 2.42. The molecule has 13 heavy (non-hydrogen) atoms. The van der Waals surface area contributed by atoms with Crippen LogP contribution in [0.15, 0.2) is 6.07 Å². The number of nitrogens with zero attached hydrogens (tertiary/aromatic N) is 3. The van der Waals surface area contributed by atoms with E-state index in [-0.39, 0.29) is 0 Å². The molecule has 0 saturated heterocycles. The van der Waals surface area contributed by atoms with Crippen LogP contribution in [0.1, 0.15) is 17.0 Å². The summed E-state index contributed by atoms with van der Waals surface area (Å²) in [6.07, 6.45) is 0. The Labute approximate surface area is 78.2 Å². The molecule has 68 valence electrons. The van der Waals surface area contributed by atoms with Crippen molar-refractivity contribution in [2.75, 3.05) is 13.6 Å². The minimum absolute atomic E-state index is 0.837. The standard InChI is InChI=1S/C10H13N3/c1-8-5-9(6-11)10-7-12(2)3-4-13(8)10/h5H,3-4,7H2,1-2H3. The fraction of sp³-hybridized carbons (Fsp3) is 0.500. The summed E-state index contributed by atoms with van der Waals surface area (Å²) >= 11 is 0. The molecule has 1 aromatic heterocycles. The summed E-state index contributed by atoms with van der Waals surface area (Å²) in [5.41, 5.74) is 3.22. The minimum atomic E-state index is 0.837. The fourth-order valence-corrected chi connectivity index (χ4v) is 1.91. The van der Waals surface area contributed by atoms with Crippen molar-refractivity contribution in [2.24, 2.45) is 0 Å². The monoisotopic (exact) mass is 175 g/mol. The van der Waals surface area contributed by atoms with Gasteiger partial charge in [0.25, 0.3) is 0 Å². The first-order chi connectivity index (χ1) is 6.22. The van der Waals surface area contributed by atoms with Gasteiger partial charge in [0.1, 0.15) is 6.07 Å². The van der Waals surface area contributed by atoms with Crippen LogP contribution in [0.4, 0.5) is 0 Å². The highest BCUT2D eigenvalue weighted by Crippen LogP contribution is 2.19. The second-order valence-electron chi connectivity index (χ2n) is 3.65. The maximum Gasteiger partial charge on any atom is 0.101 e. The van der Waals surface area contributed by atoms with Gasteiger partial charge in [0.15, 0.2) is 0 Å². The van der Waals surface area contributed by atoms with Gasteiger partial charge in [-0.05, 0) is 20.0 Å². The van der Waals surface area contributed by atoms with E-state index in [1.54, 1.807) is 0 Å². The van der Waals surface area contributed by atoms with Crippen LogP contribution in [-0.4, -0.2) is 23.1 Å². The zero-order chi connectivity index (χ0) is 9.42. The number of likely N-dealkylation sites (N-methyl/N-ethyl adjacent to an activating group) is 1. The van der Waals surface area contributed by atoms with Crippen molar-refractivity contribution in [3.05, 3.63) is 23.0 Å². The van der Waals surface area contributed by atoms with E-state index in [2.05, 4.69) is 29.5 Å². The number of aryl methyl sites for hydroxylation is 1. The van der Waals surface area contributed by atoms with Gasteiger partial charge >= 0.3 is 0 Å². The van der Waals surface area contributed by atoms with Gasteiger partial charge in [0, 0.05) is 31.0 Å². The summed E-state index contributed by atoms with van der Waals surface area (Å²) in [7, 11) is 2.09. The van der Waals surface area contributed by atoms with Crippen molar-refractivity contribution in [2.45, 2.75) is 20.0 Å². The Morgan fingerprint density at radius 3 is 2.92 bits per heavy atom. The highest BCUT2D eigenvalue weighted by molar-refractivity contribution is 5.38. The van der Waals surface area contributed by atoms with E-state index in [4.69, 9.17) is 5.26 Å². The van der Waals surface area contributed by atoms with Gasteiger partial charge in [0.2, 0.25) is 0 Å². The summed E-state index contributed by atoms with van der Waals surface area (Å²) in [5.74, 6) is 0. The summed E-state index contributed by atoms with van der Waals surface area (Å²) in [6, 6.07) is 4.23. The number of aromatic nitrogens is 1. The Kier molecular flexibility index (Phi) is 1.86. The van der Waals surface area contributed by atoms with E-state index in [0.29, 0.717) is 0 Å². The van der Waals surface area contributed by atoms with Crippen molar-refractivity contribution in [3.8, 4) is 6.07 Å². The summed E-state index contributed by atoms with van der Waals surface area (Å²) < 4.78 is 2.25. The van der Waals surface area contributed by atoms with Gasteiger partial charge in [-0.2, -0.15) is 5.26 Å². The number of nitriles is 1. The third-order valence-corrected chi connectivity index (χ3v) is 2.66. The predicted octanol–water partition coefficient (Wildman–Crippen LogP) is 1.11. The van der Waals surface area contributed by atoms with Gasteiger partial charge in [0.05, 0.1) is 5.56 Å². The Balaban J connectivity index is 2.50. The lowest BCUT2D eigenvalue weighted by molar-refractivity contribution is 0.268. The van der Waals surface area contributed by atoms with Gasteiger partial charge in [-0.15, -0.1) is 0 Å². The van der Waals surface area contributed by atoms with Crippen molar-refractivity contribution in [3.63, 3.8) is 0 Å². The third-order valence-electron chi connectivity index (χ3n) is 2.66. The molecule has 0 radical (unpaired) electrons. The van der Waals surface area contributed by atoms with Gasteiger partial charge in [-0.25, -0.2) is 0 Å². The quantitative estimate of drug-likeness (QED) is 0.591. The van der Waals surface area contributed by atoms with Crippen LogP contribution >= 0.6 is 0 Å². The van der Waals surface area contributed by atoms with Gasteiger partial charge < -0.3 is 4.57 Å². The topological polar surface area (TPSA) is 32.0 Å². The number of fused-ring (bicyclic) bond motifs is 1. The fourth-order valence-electron chi connectivity index (χ4n) is 1.91. The smallest absolute Gasteiger partial charge is 0.101 e. The van der Waals surface area contributed by atoms with E-state index in [1.165, 1.54) is 11.4 Å². The molecule has 1 aliphatic heterocycles. The Bertz CT molecular complexity index is 370. The maximum atomic E-state index is 8.91. The van der Waals surface area contributed by atoms with E-state index in [1.807, 2.05) is 6.07 Å². The first-order valence-electron chi connectivity index (χ1n) is 4.50. The maximum absolute atomic E-state index is 8.91. The molecule has 1 aliphatic rings. The average molecular weight is 175 g/mol. The lowest BCUT2D eigenvalue weighted by atomic mass is 10.2. The molecular weight excluding hydrogens is 162 g/mol.